The molecule has 0 bridgehead atoms. The molecule has 1 nitrogen and oxygen atoms in total. The van der Waals surface area contributed by atoms with Crippen LogP contribution in [-0.4, -0.2) is 11.7 Å². The first-order valence-electron chi connectivity index (χ1n) is 8.36. The van der Waals surface area contributed by atoms with E-state index in [2.05, 4.69) is 54.6 Å². The van der Waals surface area contributed by atoms with Gasteiger partial charge in [-0.3, -0.25) is 0 Å². The van der Waals surface area contributed by atoms with Crippen molar-refractivity contribution in [3.05, 3.63) is 70.8 Å². The van der Waals surface area contributed by atoms with Crippen LogP contribution in [0.25, 0.3) is 11.6 Å². The molecule has 1 aliphatic carbocycles. The van der Waals surface area contributed by atoms with Gasteiger partial charge < -0.3 is 5.11 Å². The number of hydrogen-bond acceptors (Lipinski definition) is 1. The number of unbranched alkanes of at least 4 members (excludes halogenated alkanes) is 2. The summed E-state index contributed by atoms with van der Waals surface area (Å²) in [6.07, 6.45) is 8.99. The zero-order chi connectivity index (χ0) is 15.2. The Kier molecular flexibility index (Phi) is 5.07. The minimum atomic E-state index is 0.316. The number of benzene rings is 2. The molecule has 0 unspecified atom stereocenters. The highest BCUT2D eigenvalue weighted by Crippen LogP contribution is 2.32. The number of aliphatic hydroxyl groups is 1. The van der Waals surface area contributed by atoms with Crippen LogP contribution >= 0.6 is 0 Å². The highest BCUT2D eigenvalue weighted by Gasteiger charge is 2.14. The van der Waals surface area contributed by atoms with Crippen molar-refractivity contribution in [1.82, 2.24) is 0 Å². The van der Waals surface area contributed by atoms with E-state index in [0.29, 0.717) is 6.61 Å². The van der Waals surface area contributed by atoms with Crippen molar-refractivity contribution < 1.29 is 5.11 Å². The average Bonchev–Trinajstić information content (AvgIpc) is 2.59. The number of hydrogen-bond donors (Lipinski definition) is 1. The Labute approximate surface area is 133 Å². The van der Waals surface area contributed by atoms with E-state index in [-0.39, 0.29) is 0 Å². The van der Waals surface area contributed by atoms with Crippen LogP contribution in [0.15, 0.2) is 48.5 Å². The molecule has 1 heteroatoms. The second-order valence-corrected chi connectivity index (χ2v) is 6.05. The molecule has 1 N–H and O–H groups in total. The van der Waals surface area contributed by atoms with Crippen LogP contribution in [0, 0.1) is 0 Å². The van der Waals surface area contributed by atoms with Crippen molar-refractivity contribution in [3.63, 3.8) is 0 Å². The lowest BCUT2D eigenvalue weighted by Crippen LogP contribution is -2.03. The molecule has 114 valence electrons. The molecule has 22 heavy (non-hydrogen) atoms. The first-order valence-corrected chi connectivity index (χ1v) is 8.36. The van der Waals surface area contributed by atoms with Crippen LogP contribution in [0.4, 0.5) is 0 Å². The van der Waals surface area contributed by atoms with Gasteiger partial charge in [-0.05, 0) is 59.9 Å². The fourth-order valence-electron chi connectivity index (χ4n) is 3.33. The molecule has 0 radical (unpaired) electrons. The van der Waals surface area contributed by atoms with Gasteiger partial charge in [0.15, 0.2) is 0 Å². The van der Waals surface area contributed by atoms with Crippen LogP contribution in [-0.2, 0) is 12.8 Å². The van der Waals surface area contributed by atoms with Crippen LogP contribution < -0.4 is 0 Å². The van der Waals surface area contributed by atoms with Gasteiger partial charge in [-0.15, -0.1) is 0 Å². The Bertz CT molecular complexity index is 640. The van der Waals surface area contributed by atoms with E-state index in [1.54, 1.807) is 0 Å². The smallest absolute Gasteiger partial charge is 0.0431 e. The molecular weight excluding hydrogens is 268 g/mol. The standard InChI is InChI=1S/C21H24O/c22-15-6-2-5-10-18-11-7-12-20-16-19(13-14-21(18)20)17-8-3-1-4-9-17/h1,3-4,7-9,11-12,16,22H,2,5-6,10,13-15H2. The second-order valence-electron chi connectivity index (χ2n) is 6.05. The molecule has 0 saturated heterocycles. The maximum absolute atomic E-state index is 8.89. The molecule has 1 aliphatic rings. The SMILES string of the molecule is OCCCCCc1cccc2c1CCC(c1ccccc1)=C2. The van der Waals surface area contributed by atoms with Crippen molar-refractivity contribution in [2.45, 2.75) is 38.5 Å². The summed E-state index contributed by atoms with van der Waals surface area (Å²) in [5.74, 6) is 0. The molecule has 0 spiro atoms. The summed E-state index contributed by atoms with van der Waals surface area (Å²) < 4.78 is 0. The predicted octanol–water partition coefficient (Wildman–Crippen LogP) is 4.88. The molecule has 2 aromatic rings. The lowest BCUT2D eigenvalue weighted by atomic mass is 9.85. The van der Waals surface area contributed by atoms with Crippen molar-refractivity contribution in [3.8, 4) is 0 Å². The van der Waals surface area contributed by atoms with E-state index >= 15 is 0 Å². The Balaban J connectivity index is 1.79. The molecule has 3 rings (SSSR count). The van der Waals surface area contributed by atoms with E-state index in [1.165, 1.54) is 34.2 Å². The largest absolute Gasteiger partial charge is 0.396 e. The predicted molar refractivity (Wildman–Crippen MR) is 93.7 cm³/mol. The van der Waals surface area contributed by atoms with Gasteiger partial charge in [-0.1, -0.05) is 61.0 Å². The lowest BCUT2D eigenvalue weighted by Gasteiger charge is -2.20. The topological polar surface area (TPSA) is 20.2 Å². The first kappa shape index (κ1) is 15.1. The number of allylic oxidation sites excluding steroid dienone is 1. The van der Waals surface area contributed by atoms with Gasteiger partial charge in [0, 0.05) is 6.61 Å². The quantitative estimate of drug-likeness (QED) is 0.752. The highest BCUT2D eigenvalue weighted by molar-refractivity contribution is 5.84. The van der Waals surface area contributed by atoms with Gasteiger partial charge in [-0.2, -0.15) is 0 Å². The molecule has 0 atom stereocenters. The van der Waals surface area contributed by atoms with E-state index in [9.17, 15) is 0 Å². The minimum Gasteiger partial charge on any atom is -0.396 e. The van der Waals surface area contributed by atoms with Gasteiger partial charge in [0.05, 0.1) is 0 Å². The lowest BCUT2D eigenvalue weighted by molar-refractivity contribution is 0.283. The van der Waals surface area contributed by atoms with Crippen LogP contribution in [0.1, 0.15) is 47.9 Å². The minimum absolute atomic E-state index is 0.316. The summed E-state index contributed by atoms with van der Waals surface area (Å²) in [6.45, 7) is 0.316. The van der Waals surface area contributed by atoms with Gasteiger partial charge in [-0.25, -0.2) is 0 Å². The zero-order valence-electron chi connectivity index (χ0n) is 13.1. The maximum atomic E-state index is 8.89. The molecule has 0 amide bonds. The number of aliphatic hydroxyl groups excluding tert-OH is 1. The third kappa shape index (κ3) is 3.48. The molecule has 0 heterocycles. The second kappa shape index (κ2) is 7.42. The molecule has 0 fully saturated rings. The van der Waals surface area contributed by atoms with Crippen molar-refractivity contribution in [1.29, 1.82) is 0 Å². The normalized spacial score (nSPS) is 13.6. The third-order valence-corrected chi connectivity index (χ3v) is 4.53. The van der Waals surface area contributed by atoms with E-state index < -0.39 is 0 Å². The molecular formula is C21H24O. The summed E-state index contributed by atoms with van der Waals surface area (Å²) in [4.78, 5) is 0. The van der Waals surface area contributed by atoms with Gasteiger partial charge in [0.2, 0.25) is 0 Å². The van der Waals surface area contributed by atoms with Crippen molar-refractivity contribution >= 4 is 11.6 Å². The summed E-state index contributed by atoms with van der Waals surface area (Å²) in [7, 11) is 0. The fourth-order valence-corrected chi connectivity index (χ4v) is 3.33. The Morgan fingerprint density at radius 1 is 0.818 bits per heavy atom. The van der Waals surface area contributed by atoms with Gasteiger partial charge >= 0.3 is 0 Å². The molecule has 0 saturated carbocycles. The third-order valence-electron chi connectivity index (χ3n) is 4.53. The molecule has 0 aromatic heterocycles. The van der Waals surface area contributed by atoms with E-state index in [0.717, 1.165) is 32.1 Å². The first-order chi connectivity index (χ1) is 10.9. The van der Waals surface area contributed by atoms with Gasteiger partial charge in [0.1, 0.15) is 0 Å². The fraction of sp³-hybridized carbons (Fsp3) is 0.333. The van der Waals surface area contributed by atoms with E-state index in [1.807, 2.05) is 0 Å². The van der Waals surface area contributed by atoms with Crippen LogP contribution in [0.3, 0.4) is 0 Å². The van der Waals surface area contributed by atoms with Crippen molar-refractivity contribution in [2.75, 3.05) is 6.61 Å². The summed E-state index contributed by atoms with van der Waals surface area (Å²) in [6, 6.07) is 17.4. The van der Waals surface area contributed by atoms with Gasteiger partial charge in [0.25, 0.3) is 0 Å². The zero-order valence-corrected chi connectivity index (χ0v) is 13.1. The summed E-state index contributed by atoms with van der Waals surface area (Å²) in [5.41, 5.74) is 7.22. The summed E-state index contributed by atoms with van der Waals surface area (Å²) >= 11 is 0. The number of fused-ring (bicyclic) bond motifs is 1. The molecule has 2 aromatic carbocycles. The Hall–Kier alpha value is -1.86. The van der Waals surface area contributed by atoms with Crippen LogP contribution in [0.2, 0.25) is 0 Å². The molecule has 0 aliphatic heterocycles. The van der Waals surface area contributed by atoms with E-state index in [4.69, 9.17) is 5.11 Å². The van der Waals surface area contributed by atoms with Crippen LogP contribution in [0.5, 0.6) is 0 Å². The Morgan fingerprint density at radius 2 is 1.68 bits per heavy atom. The number of aryl methyl sites for hydroxylation is 1. The monoisotopic (exact) mass is 292 g/mol. The Morgan fingerprint density at radius 3 is 2.50 bits per heavy atom. The highest BCUT2D eigenvalue weighted by atomic mass is 16.2. The maximum Gasteiger partial charge on any atom is 0.0431 e. The summed E-state index contributed by atoms with van der Waals surface area (Å²) in [5, 5.41) is 8.89. The average molecular weight is 292 g/mol. The number of rotatable bonds is 6. The van der Waals surface area contributed by atoms with Crippen molar-refractivity contribution in [2.24, 2.45) is 0 Å².